The molecule has 10 heteroatoms. The number of nitrogens with one attached hydrogen (secondary N) is 1. The number of fused-ring (bicyclic) bond motifs is 3. The molecule has 0 spiro atoms. The molecule has 10 nitrogen and oxygen atoms in total. The molecular weight excluding hydrogens is 314 g/mol. The number of aryl methyl sites for hydroxylation is 2. The quantitative estimate of drug-likeness (QED) is 0.687. The zero-order valence-electron chi connectivity index (χ0n) is 13.8. The minimum Gasteiger partial charge on any atom is -0.465 e. The Morgan fingerprint density at radius 1 is 1.38 bits per heavy atom. The summed E-state index contributed by atoms with van der Waals surface area (Å²) in [5, 5.41) is 23.0. The summed E-state index contributed by atoms with van der Waals surface area (Å²) >= 11 is 0. The SMILES string of the molecule is CCOCc1nc2c(c(C)c(C)n3nnnc23)n1CCNC(=O)O. The van der Waals surface area contributed by atoms with E-state index in [-0.39, 0.29) is 6.54 Å². The largest absolute Gasteiger partial charge is 0.465 e. The van der Waals surface area contributed by atoms with Gasteiger partial charge in [0.1, 0.15) is 17.9 Å². The van der Waals surface area contributed by atoms with E-state index in [4.69, 9.17) is 9.84 Å². The van der Waals surface area contributed by atoms with Gasteiger partial charge in [-0.05, 0) is 36.8 Å². The van der Waals surface area contributed by atoms with Crippen LogP contribution >= 0.6 is 0 Å². The number of pyridine rings is 1. The van der Waals surface area contributed by atoms with Gasteiger partial charge in [0.2, 0.25) is 5.65 Å². The monoisotopic (exact) mass is 333 g/mol. The summed E-state index contributed by atoms with van der Waals surface area (Å²) in [6.45, 7) is 7.45. The van der Waals surface area contributed by atoms with E-state index in [9.17, 15) is 4.79 Å². The second-order valence-electron chi connectivity index (χ2n) is 5.37. The van der Waals surface area contributed by atoms with Gasteiger partial charge in [-0.15, -0.1) is 5.10 Å². The van der Waals surface area contributed by atoms with Crippen LogP contribution in [0.5, 0.6) is 0 Å². The van der Waals surface area contributed by atoms with Gasteiger partial charge in [-0.25, -0.2) is 9.78 Å². The lowest BCUT2D eigenvalue weighted by Gasteiger charge is -2.12. The van der Waals surface area contributed by atoms with Crippen molar-refractivity contribution in [3.8, 4) is 0 Å². The number of carboxylic acid groups (broad SMARTS) is 1. The molecule has 2 N–H and O–H groups in total. The Labute approximate surface area is 137 Å². The first-order valence-electron chi connectivity index (χ1n) is 7.65. The molecule has 1 amide bonds. The molecule has 0 aliphatic heterocycles. The highest BCUT2D eigenvalue weighted by Gasteiger charge is 2.20. The molecule has 0 saturated carbocycles. The first kappa shape index (κ1) is 16.1. The summed E-state index contributed by atoms with van der Waals surface area (Å²) in [6.07, 6.45) is -1.05. The minimum atomic E-state index is -1.05. The molecule has 3 aromatic rings. The third-order valence-corrected chi connectivity index (χ3v) is 3.99. The molecule has 0 radical (unpaired) electrons. The molecule has 24 heavy (non-hydrogen) atoms. The molecule has 0 unspecified atom stereocenters. The van der Waals surface area contributed by atoms with E-state index in [2.05, 4.69) is 25.8 Å². The summed E-state index contributed by atoms with van der Waals surface area (Å²) in [7, 11) is 0. The number of tetrazole rings is 1. The Bertz CT molecular complexity index is 899. The van der Waals surface area contributed by atoms with Crippen LogP contribution in [0.2, 0.25) is 0 Å². The highest BCUT2D eigenvalue weighted by Crippen LogP contribution is 2.26. The number of nitrogens with zero attached hydrogens (tertiary/aromatic N) is 6. The molecule has 3 heterocycles. The highest BCUT2D eigenvalue weighted by atomic mass is 16.5. The first-order chi connectivity index (χ1) is 11.5. The number of hydrogen-bond donors (Lipinski definition) is 2. The van der Waals surface area contributed by atoms with Crippen molar-refractivity contribution in [1.82, 2.24) is 34.9 Å². The van der Waals surface area contributed by atoms with Gasteiger partial charge in [0.15, 0.2) is 0 Å². The predicted octanol–water partition coefficient (Wildman–Crippen LogP) is 0.895. The normalized spacial score (nSPS) is 11.5. The predicted molar refractivity (Wildman–Crippen MR) is 84.9 cm³/mol. The fourth-order valence-electron chi connectivity index (χ4n) is 2.75. The number of amides is 1. The molecule has 0 fully saturated rings. The molecule has 0 atom stereocenters. The van der Waals surface area contributed by atoms with Crippen LogP contribution in [0.4, 0.5) is 4.79 Å². The average Bonchev–Trinajstić information content (AvgIpc) is 3.15. The Hall–Kier alpha value is -2.75. The van der Waals surface area contributed by atoms with Crippen molar-refractivity contribution < 1.29 is 14.6 Å². The van der Waals surface area contributed by atoms with Crippen LogP contribution < -0.4 is 5.32 Å². The molecule has 0 aliphatic carbocycles. The molecule has 0 saturated heterocycles. The van der Waals surface area contributed by atoms with Crippen molar-refractivity contribution >= 4 is 22.8 Å². The van der Waals surface area contributed by atoms with E-state index < -0.39 is 6.09 Å². The first-order valence-corrected chi connectivity index (χ1v) is 7.65. The lowest BCUT2D eigenvalue weighted by Crippen LogP contribution is -2.26. The summed E-state index contributed by atoms with van der Waals surface area (Å²) in [6, 6.07) is 0. The van der Waals surface area contributed by atoms with Gasteiger partial charge in [0, 0.05) is 25.4 Å². The molecule has 0 aliphatic rings. The average molecular weight is 333 g/mol. The van der Waals surface area contributed by atoms with Crippen molar-refractivity contribution in [2.24, 2.45) is 0 Å². The van der Waals surface area contributed by atoms with Gasteiger partial charge in [-0.3, -0.25) is 0 Å². The van der Waals surface area contributed by atoms with E-state index in [0.717, 1.165) is 22.6 Å². The number of ether oxygens (including phenoxy) is 1. The second kappa shape index (κ2) is 6.40. The Morgan fingerprint density at radius 2 is 2.17 bits per heavy atom. The van der Waals surface area contributed by atoms with Crippen LogP contribution in [-0.2, 0) is 17.9 Å². The van der Waals surface area contributed by atoms with E-state index in [1.165, 1.54) is 0 Å². The van der Waals surface area contributed by atoms with E-state index in [1.807, 2.05) is 25.3 Å². The number of hydrogen-bond acceptors (Lipinski definition) is 6. The number of carbonyl (C=O) groups is 1. The Morgan fingerprint density at radius 3 is 2.88 bits per heavy atom. The van der Waals surface area contributed by atoms with E-state index in [1.54, 1.807) is 4.52 Å². The maximum absolute atomic E-state index is 10.7. The number of aromatic nitrogens is 6. The minimum absolute atomic E-state index is 0.272. The van der Waals surface area contributed by atoms with Crippen LogP contribution in [0.15, 0.2) is 0 Å². The van der Waals surface area contributed by atoms with Crippen molar-refractivity contribution in [3.63, 3.8) is 0 Å². The third-order valence-electron chi connectivity index (χ3n) is 3.99. The smallest absolute Gasteiger partial charge is 0.404 e. The summed E-state index contributed by atoms with van der Waals surface area (Å²) in [4.78, 5) is 15.4. The molecule has 3 rings (SSSR count). The van der Waals surface area contributed by atoms with Gasteiger partial charge in [-0.2, -0.15) is 4.52 Å². The van der Waals surface area contributed by atoms with Crippen LogP contribution in [-0.4, -0.2) is 53.9 Å². The van der Waals surface area contributed by atoms with Crippen molar-refractivity contribution in [3.05, 3.63) is 17.1 Å². The third kappa shape index (κ3) is 2.64. The van der Waals surface area contributed by atoms with Crippen molar-refractivity contribution in [1.29, 1.82) is 0 Å². The van der Waals surface area contributed by atoms with Crippen molar-refractivity contribution in [2.45, 2.75) is 33.9 Å². The maximum atomic E-state index is 10.7. The molecule has 0 bridgehead atoms. The van der Waals surface area contributed by atoms with E-state index in [0.29, 0.717) is 30.9 Å². The maximum Gasteiger partial charge on any atom is 0.404 e. The highest BCUT2D eigenvalue weighted by molar-refractivity contribution is 5.91. The zero-order chi connectivity index (χ0) is 17.3. The molecular formula is C14H19N7O3. The molecule has 3 aromatic heterocycles. The standard InChI is InChI=1S/C14H19N7O3/c1-4-24-7-10-16-11-12(20(10)6-5-15-14(22)23)8(2)9(3)21-13(11)17-18-19-21/h15H,4-7H2,1-3H3,(H,22,23). The lowest BCUT2D eigenvalue weighted by atomic mass is 10.2. The fourth-order valence-corrected chi connectivity index (χ4v) is 2.75. The Balaban J connectivity index is 2.16. The van der Waals surface area contributed by atoms with Crippen LogP contribution in [0, 0.1) is 13.8 Å². The summed E-state index contributed by atoms with van der Waals surface area (Å²) in [5.41, 5.74) is 4.08. The van der Waals surface area contributed by atoms with Gasteiger partial charge in [0.25, 0.3) is 0 Å². The summed E-state index contributed by atoms with van der Waals surface area (Å²) in [5.74, 6) is 0.720. The number of imidazole rings is 1. The fraction of sp³-hybridized carbons (Fsp3) is 0.500. The summed E-state index contributed by atoms with van der Waals surface area (Å²) < 4.78 is 9.13. The molecule has 0 aromatic carbocycles. The van der Waals surface area contributed by atoms with Gasteiger partial charge >= 0.3 is 6.09 Å². The number of rotatable bonds is 6. The topological polar surface area (TPSA) is 119 Å². The van der Waals surface area contributed by atoms with Gasteiger partial charge in [0.05, 0.1) is 5.52 Å². The van der Waals surface area contributed by atoms with Crippen LogP contribution in [0.25, 0.3) is 16.7 Å². The van der Waals surface area contributed by atoms with Crippen molar-refractivity contribution in [2.75, 3.05) is 13.2 Å². The second-order valence-corrected chi connectivity index (χ2v) is 5.37. The lowest BCUT2D eigenvalue weighted by molar-refractivity contribution is 0.126. The zero-order valence-corrected chi connectivity index (χ0v) is 13.8. The Kier molecular flexibility index (Phi) is 4.30. The van der Waals surface area contributed by atoms with Crippen LogP contribution in [0.3, 0.4) is 0 Å². The van der Waals surface area contributed by atoms with Gasteiger partial charge in [-0.1, -0.05) is 0 Å². The van der Waals surface area contributed by atoms with Crippen LogP contribution in [0.1, 0.15) is 24.0 Å². The van der Waals surface area contributed by atoms with E-state index >= 15 is 0 Å². The molecule has 128 valence electrons. The van der Waals surface area contributed by atoms with Gasteiger partial charge < -0.3 is 19.7 Å².